The molecule has 2 aromatic heterocycles. The Bertz CT molecular complexity index is 1130. The first-order valence-electron chi connectivity index (χ1n) is 9.50. The summed E-state index contributed by atoms with van der Waals surface area (Å²) in [6.07, 6.45) is 2.33. The number of benzene rings is 1. The van der Waals surface area contributed by atoms with Gasteiger partial charge in [-0.2, -0.15) is 0 Å². The minimum Gasteiger partial charge on any atom is -0.385 e. The average molecular weight is 432 g/mol. The summed E-state index contributed by atoms with van der Waals surface area (Å²) in [7, 11) is 0. The molecule has 1 aromatic carbocycles. The van der Waals surface area contributed by atoms with Gasteiger partial charge in [-0.05, 0) is 49.9 Å². The van der Waals surface area contributed by atoms with E-state index in [0.29, 0.717) is 41.2 Å². The minimum absolute atomic E-state index is 0.0461. The molecule has 0 spiro atoms. The standard InChI is InChI=1S/C21H22ClN3O3S/c1-13-14(2)29-19-18(13)20(27)25(12-23-19)11-17(26)24-9-7-21(28,8-10-24)15-3-5-16(22)6-4-15/h3-6,12,28H,7-11H2,1-2H3. The number of piperidine rings is 1. The first kappa shape index (κ1) is 20.1. The molecule has 1 fully saturated rings. The molecule has 0 saturated carbocycles. The molecule has 0 unspecified atom stereocenters. The Kier molecular flexibility index (Phi) is 5.23. The van der Waals surface area contributed by atoms with Gasteiger partial charge in [-0.1, -0.05) is 23.7 Å². The largest absolute Gasteiger partial charge is 0.385 e. The van der Waals surface area contributed by atoms with Crippen molar-refractivity contribution in [2.45, 2.75) is 38.8 Å². The first-order chi connectivity index (χ1) is 13.8. The number of fused-ring (bicyclic) bond motifs is 1. The van der Waals surface area contributed by atoms with Crippen LogP contribution in [-0.4, -0.2) is 38.6 Å². The van der Waals surface area contributed by atoms with Crippen molar-refractivity contribution in [2.75, 3.05) is 13.1 Å². The van der Waals surface area contributed by atoms with Crippen molar-refractivity contribution in [3.05, 3.63) is 62.0 Å². The Hall–Kier alpha value is -2.22. The molecule has 29 heavy (non-hydrogen) atoms. The molecule has 0 radical (unpaired) electrons. The second-order valence-electron chi connectivity index (χ2n) is 7.56. The van der Waals surface area contributed by atoms with Crippen molar-refractivity contribution >= 4 is 39.1 Å². The number of aryl methyl sites for hydroxylation is 2. The fourth-order valence-electron chi connectivity index (χ4n) is 3.80. The number of aliphatic hydroxyl groups is 1. The summed E-state index contributed by atoms with van der Waals surface area (Å²) >= 11 is 7.42. The number of carbonyl (C=O) groups is 1. The number of hydrogen-bond acceptors (Lipinski definition) is 5. The molecule has 6 nitrogen and oxygen atoms in total. The maximum atomic E-state index is 12.8. The van der Waals surface area contributed by atoms with Crippen LogP contribution in [0.1, 0.15) is 28.8 Å². The van der Waals surface area contributed by atoms with Gasteiger partial charge in [-0.15, -0.1) is 11.3 Å². The van der Waals surface area contributed by atoms with Crippen LogP contribution in [-0.2, 0) is 16.9 Å². The first-order valence-corrected chi connectivity index (χ1v) is 10.7. The lowest BCUT2D eigenvalue weighted by Crippen LogP contribution is -2.46. The molecule has 1 aliphatic rings. The topological polar surface area (TPSA) is 75.4 Å². The van der Waals surface area contributed by atoms with Crippen LogP contribution in [0.5, 0.6) is 0 Å². The van der Waals surface area contributed by atoms with Gasteiger partial charge in [0.05, 0.1) is 17.3 Å². The summed E-state index contributed by atoms with van der Waals surface area (Å²) in [5.41, 5.74) is 0.586. The highest BCUT2D eigenvalue weighted by atomic mass is 35.5. The molecule has 152 valence electrons. The summed E-state index contributed by atoms with van der Waals surface area (Å²) in [4.78, 5) is 33.4. The van der Waals surface area contributed by atoms with Crippen molar-refractivity contribution < 1.29 is 9.90 Å². The van der Waals surface area contributed by atoms with Crippen molar-refractivity contribution in [1.82, 2.24) is 14.5 Å². The Balaban J connectivity index is 1.47. The summed E-state index contributed by atoms with van der Waals surface area (Å²) in [5, 5.41) is 12.2. The van der Waals surface area contributed by atoms with Gasteiger partial charge in [-0.3, -0.25) is 14.2 Å². The predicted molar refractivity (Wildman–Crippen MR) is 115 cm³/mol. The van der Waals surface area contributed by atoms with E-state index < -0.39 is 5.60 Å². The van der Waals surface area contributed by atoms with Crippen LogP contribution in [0.15, 0.2) is 35.4 Å². The zero-order valence-electron chi connectivity index (χ0n) is 16.3. The van der Waals surface area contributed by atoms with Crippen LogP contribution in [0.3, 0.4) is 0 Å². The molecule has 1 amide bonds. The van der Waals surface area contributed by atoms with Crippen LogP contribution in [0.25, 0.3) is 10.2 Å². The van der Waals surface area contributed by atoms with Gasteiger partial charge < -0.3 is 10.0 Å². The number of thiophene rings is 1. The van der Waals surface area contributed by atoms with Gasteiger partial charge in [0.1, 0.15) is 11.4 Å². The zero-order chi connectivity index (χ0) is 20.8. The van der Waals surface area contributed by atoms with E-state index in [1.165, 1.54) is 22.2 Å². The molecule has 1 aliphatic heterocycles. The van der Waals surface area contributed by atoms with Gasteiger partial charge >= 0.3 is 0 Å². The fourth-order valence-corrected chi connectivity index (χ4v) is 4.92. The molecule has 0 bridgehead atoms. The smallest absolute Gasteiger partial charge is 0.262 e. The van der Waals surface area contributed by atoms with E-state index in [9.17, 15) is 14.7 Å². The quantitative estimate of drug-likeness (QED) is 0.690. The fraction of sp³-hybridized carbons (Fsp3) is 0.381. The van der Waals surface area contributed by atoms with Gasteiger partial charge in [0.2, 0.25) is 5.91 Å². The lowest BCUT2D eigenvalue weighted by Gasteiger charge is -2.38. The van der Waals surface area contributed by atoms with Crippen molar-refractivity contribution in [1.29, 1.82) is 0 Å². The predicted octanol–water partition coefficient (Wildman–Crippen LogP) is 3.24. The van der Waals surface area contributed by atoms with E-state index in [1.54, 1.807) is 17.0 Å². The number of carbonyl (C=O) groups excluding carboxylic acids is 1. The average Bonchev–Trinajstić information content (AvgIpc) is 2.99. The van der Waals surface area contributed by atoms with Crippen molar-refractivity contribution in [3.63, 3.8) is 0 Å². The Morgan fingerprint density at radius 1 is 1.24 bits per heavy atom. The summed E-state index contributed by atoms with van der Waals surface area (Å²) in [6, 6.07) is 7.17. The third kappa shape index (κ3) is 3.70. The highest BCUT2D eigenvalue weighted by Gasteiger charge is 2.35. The highest BCUT2D eigenvalue weighted by Crippen LogP contribution is 2.33. The summed E-state index contributed by atoms with van der Waals surface area (Å²) < 4.78 is 1.38. The molecule has 8 heteroatoms. The van der Waals surface area contributed by atoms with Crippen molar-refractivity contribution in [2.24, 2.45) is 0 Å². The van der Waals surface area contributed by atoms with E-state index in [0.717, 1.165) is 16.0 Å². The number of likely N-dealkylation sites (tertiary alicyclic amines) is 1. The van der Waals surface area contributed by atoms with Crippen LogP contribution in [0.4, 0.5) is 0 Å². The van der Waals surface area contributed by atoms with Crippen LogP contribution < -0.4 is 5.56 Å². The van der Waals surface area contributed by atoms with Gasteiger partial charge in [0.25, 0.3) is 5.56 Å². The molecule has 3 heterocycles. The van der Waals surface area contributed by atoms with Crippen LogP contribution in [0.2, 0.25) is 5.02 Å². The lowest BCUT2D eigenvalue weighted by molar-refractivity contribution is -0.136. The second-order valence-corrected chi connectivity index (χ2v) is 9.20. The number of halogens is 1. The van der Waals surface area contributed by atoms with Gasteiger partial charge in [0, 0.05) is 23.0 Å². The van der Waals surface area contributed by atoms with Crippen LogP contribution >= 0.6 is 22.9 Å². The van der Waals surface area contributed by atoms with E-state index >= 15 is 0 Å². The van der Waals surface area contributed by atoms with E-state index in [1.807, 2.05) is 26.0 Å². The Labute approximate surface area is 177 Å². The summed E-state index contributed by atoms with van der Waals surface area (Å²) in [6.45, 7) is 4.69. The maximum Gasteiger partial charge on any atom is 0.262 e. The molecule has 1 saturated heterocycles. The molecule has 1 N–H and O–H groups in total. The van der Waals surface area contributed by atoms with Crippen molar-refractivity contribution in [3.8, 4) is 0 Å². The molecule has 3 aromatic rings. The number of hydrogen-bond donors (Lipinski definition) is 1. The van der Waals surface area contributed by atoms with Gasteiger partial charge in [0.15, 0.2) is 0 Å². The number of nitrogens with zero attached hydrogens (tertiary/aromatic N) is 3. The van der Waals surface area contributed by atoms with E-state index in [-0.39, 0.29) is 18.0 Å². The third-order valence-electron chi connectivity index (χ3n) is 5.79. The summed E-state index contributed by atoms with van der Waals surface area (Å²) in [5.74, 6) is -0.143. The van der Waals surface area contributed by atoms with Gasteiger partial charge in [-0.25, -0.2) is 4.98 Å². The number of aromatic nitrogens is 2. The highest BCUT2D eigenvalue weighted by molar-refractivity contribution is 7.18. The minimum atomic E-state index is -0.968. The molecule has 4 rings (SSSR count). The molecular formula is C21H22ClN3O3S. The maximum absolute atomic E-state index is 12.8. The van der Waals surface area contributed by atoms with Crippen LogP contribution in [0, 0.1) is 13.8 Å². The van der Waals surface area contributed by atoms with E-state index in [2.05, 4.69) is 4.98 Å². The second kappa shape index (κ2) is 7.55. The molecule has 0 aliphatic carbocycles. The lowest BCUT2D eigenvalue weighted by atomic mass is 9.84. The zero-order valence-corrected chi connectivity index (χ0v) is 17.9. The SMILES string of the molecule is Cc1sc2ncn(CC(=O)N3CCC(O)(c4ccc(Cl)cc4)CC3)c(=O)c2c1C. The Morgan fingerprint density at radius 2 is 1.90 bits per heavy atom. The molecular weight excluding hydrogens is 410 g/mol. The monoisotopic (exact) mass is 431 g/mol. The number of rotatable bonds is 3. The molecule has 0 atom stereocenters. The Morgan fingerprint density at radius 3 is 2.55 bits per heavy atom. The van der Waals surface area contributed by atoms with E-state index in [4.69, 9.17) is 11.6 Å². The third-order valence-corrected chi connectivity index (χ3v) is 7.15. The number of amides is 1. The normalized spacial score (nSPS) is 16.3.